The molecule has 15 heteroatoms. The molecule has 2 saturated heterocycles. The summed E-state index contributed by atoms with van der Waals surface area (Å²) in [5, 5.41) is 2.67. The van der Waals surface area contributed by atoms with E-state index in [2.05, 4.69) is 20.3 Å². The summed E-state index contributed by atoms with van der Waals surface area (Å²) < 4.78 is 31.6. The zero-order chi connectivity index (χ0) is 36.4. The predicted molar refractivity (Wildman–Crippen MR) is 183 cm³/mol. The number of fused-ring (bicyclic) bond motifs is 3. The van der Waals surface area contributed by atoms with E-state index in [1.165, 1.54) is 15.8 Å². The van der Waals surface area contributed by atoms with E-state index in [4.69, 9.17) is 23.7 Å². The van der Waals surface area contributed by atoms with Gasteiger partial charge in [-0.2, -0.15) is 9.97 Å². The topological polar surface area (TPSA) is 173 Å². The summed E-state index contributed by atoms with van der Waals surface area (Å²) in [6.07, 6.45) is -2.18. The minimum Gasteiger partial charge on any atom is -0.462 e. The summed E-state index contributed by atoms with van der Waals surface area (Å²) in [4.78, 5) is 66.9. The molecule has 2 aliphatic heterocycles. The minimum atomic E-state index is -1.33. The Morgan fingerprint density at radius 3 is 2.12 bits per heavy atom. The summed E-state index contributed by atoms with van der Waals surface area (Å²) in [5.74, 6) is -2.95. The summed E-state index contributed by atoms with van der Waals surface area (Å²) in [7, 11) is 0. The fourth-order valence-electron chi connectivity index (χ4n) is 5.62. The van der Waals surface area contributed by atoms with Crippen molar-refractivity contribution in [2.45, 2.75) is 65.6 Å². The maximum absolute atomic E-state index is 14.0. The molecule has 51 heavy (non-hydrogen) atoms. The van der Waals surface area contributed by atoms with E-state index in [9.17, 15) is 19.2 Å². The number of nitrogens with zero attached hydrogens (tertiary/aromatic N) is 5. The molecule has 2 aliphatic rings. The van der Waals surface area contributed by atoms with Gasteiger partial charge in [0.05, 0.1) is 36.1 Å². The number of ether oxygens (including phenoxy) is 5. The van der Waals surface area contributed by atoms with Crippen LogP contribution in [-0.4, -0.2) is 74.5 Å². The average molecular weight is 701 g/mol. The first-order chi connectivity index (χ1) is 24.4. The van der Waals surface area contributed by atoms with E-state index >= 15 is 0 Å². The number of rotatable bonds is 11. The lowest BCUT2D eigenvalue weighted by atomic mass is 9.99. The summed E-state index contributed by atoms with van der Waals surface area (Å²) in [6, 6.07) is 17.9. The van der Waals surface area contributed by atoms with Crippen molar-refractivity contribution < 1.29 is 42.9 Å². The quantitative estimate of drug-likeness (QED) is 0.203. The van der Waals surface area contributed by atoms with Crippen molar-refractivity contribution in [2.75, 3.05) is 23.4 Å². The van der Waals surface area contributed by atoms with Gasteiger partial charge in [0.15, 0.2) is 29.1 Å². The van der Waals surface area contributed by atoms with Gasteiger partial charge in [-0.05, 0) is 24.3 Å². The zero-order valence-corrected chi connectivity index (χ0v) is 29.1. The van der Waals surface area contributed by atoms with Gasteiger partial charge in [0, 0.05) is 5.92 Å². The smallest absolute Gasteiger partial charge is 0.425 e. The average Bonchev–Trinajstić information content (AvgIpc) is 3.78. The first kappa shape index (κ1) is 35.4. The highest BCUT2D eigenvalue weighted by atomic mass is 16.7. The molecular weight excluding hydrogens is 660 g/mol. The van der Waals surface area contributed by atoms with Crippen LogP contribution in [0.1, 0.15) is 47.8 Å². The zero-order valence-electron chi connectivity index (χ0n) is 29.1. The highest BCUT2D eigenvalue weighted by Gasteiger charge is 2.65. The van der Waals surface area contributed by atoms with Gasteiger partial charge in [-0.3, -0.25) is 24.3 Å². The van der Waals surface area contributed by atoms with E-state index in [0.717, 1.165) is 0 Å². The Hall–Kier alpha value is -5.41. The van der Waals surface area contributed by atoms with E-state index in [1.54, 1.807) is 90.1 Å². The van der Waals surface area contributed by atoms with Crippen molar-refractivity contribution in [3.63, 3.8) is 0 Å². The highest BCUT2D eigenvalue weighted by molar-refractivity contribution is 5.98. The molecule has 0 radical (unpaired) electrons. The van der Waals surface area contributed by atoms with Crippen LogP contribution in [0.15, 0.2) is 67.0 Å². The number of carbonyl (C=O) groups is 4. The van der Waals surface area contributed by atoms with E-state index < -0.39 is 59.8 Å². The summed E-state index contributed by atoms with van der Waals surface area (Å²) in [5.41, 5.74) is -0.0486. The normalized spacial score (nSPS) is 20.9. The fourth-order valence-corrected chi connectivity index (χ4v) is 5.62. The van der Waals surface area contributed by atoms with Crippen molar-refractivity contribution in [1.29, 1.82) is 0 Å². The van der Waals surface area contributed by atoms with E-state index in [-0.39, 0.29) is 42.1 Å². The number of hydrogen-bond acceptors (Lipinski definition) is 12. The Balaban J connectivity index is 1.40. The van der Waals surface area contributed by atoms with Crippen molar-refractivity contribution >= 4 is 52.4 Å². The molecule has 268 valence electrons. The van der Waals surface area contributed by atoms with Crippen LogP contribution in [0, 0.1) is 17.8 Å². The van der Waals surface area contributed by atoms with Gasteiger partial charge in [0.25, 0.3) is 5.88 Å². The second kappa shape index (κ2) is 14.4. The minimum absolute atomic E-state index is 0.00936. The first-order valence-corrected chi connectivity index (χ1v) is 16.7. The van der Waals surface area contributed by atoms with Crippen LogP contribution < -0.4 is 15.0 Å². The first-order valence-electron chi connectivity index (χ1n) is 16.7. The number of hydrogen-bond donors (Lipinski definition) is 1. The van der Waals surface area contributed by atoms with Gasteiger partial charge in [-0.25, -0.2) is 14.7 Å². The molecule has 0 aliphatic carbocycles. The number of esters is 2. The Kier molecular flexibility index (Phi) is 10.0. The SMILES string of the molecule is CC(C)C(=O)Nc1nc(OC(=O)N(c2ccccc2)c2ccccc2)c2ncn([C@@H]3O[C@@]4(COC(=O)C(C)C)COC3C4OC(=O)C(C)C)c2n1. The largest absolute Gasteiger partial charge is 0.462 e. The van der Waals surface area contributed by atoms with Gasteiger partial charge in [-0.1, -0.05) is 77.9 Å². The lowest BCUT2D eigenvalue weighted by molar-refractivity contribution is -0.199. The van der Waals surface area contributed by atoms with Crippen LogP contribution in [0.4, 0.5) is 22.1 Å². The lowest BCUT2D eigenvalue weighted by Gasteiger charge is -2.31. The van der Waals surface area contributed by atoms with Gasteiger partial charge in [0.1, 0.15) is 12.7 Å². The third-order valence-corrected chi connectivity index (χ3v) is 8.44. The summed E-state index contributed by atoms with van der Waals surface area (Å²) >= 11 is 0. The molecule has 0 spiro atoms. The number of aromatic nitrogens is 4. The Morgan fingerprint density at radius 1 is 0.902 bits per heavy atom. The molecule has 1 N–H and O–H groups in total. The Labute approximate surface area is 294 Å². The molecule has 0 saturated carbocycles. The predicted octanol–water partition coefficient (Wildman–Crippen LogP) is 5.19. The van der Waals surface area contributed by atoms with Crippen LogP contribution >= 0.6 is 0 Å². The summed E-state index contributed by atoms with van der Waals surface area (Å²) in [6.45, 7) is 10.0. The molecule has 15 nitrogen and oxygen atoms in total. The van der Waals surface area contributed by atoms with Crippen molar-refractivity contribution in [3.05, 3.63) is 67.0 Å². The Bertz CT molecular complexity index is 1880. The molecule has 2 aromatic heterocycles. The van der Waals surface area contributed by atoms with Crippen molar-refractivity contribution in [2.24, 2.45) is 17.8 Å². The molecule has 2 aromatic carbocycles. The van der Waals surface area contributed by atoms with Crippen LogP contribution in [0.3, 0.4) is 0 Å². The maximum atomic E-state index is 14.0. The number of carbonyl (C=O) groups excluding carboxylic acids is 4. The fraction of sp³-hybridized carbons (Fsp3) is 0.417. The lowest BCUT2D eigenvalue weighted by Crippen LogP contribution is -2.48. The third kappa shape index (κ3) is 7.12. The second-order valence-corrected chi connectivity index (χ2v) is 13.3. The van der Waals surface area contributed by atoms with Crippen LogP contribution in [0.25, 0.3) is 11.2 Å². The van der Waals surface area contributed by atoms with Gasteiger partial charge >= 0.3 is 18.0 Å². The molecule has 2 amide bonds. The molecule has 2 fully saturated rings. The molecule has 2 bridgehead atoms. The standard InChI is InChI=1S/C36H40N6O9/c1-20(2)29(43)39-34-38-28-25(30(40-34)50-35(46)42(23-13-9-7-10-14-23)24-15-11-8-12-16-24)37-19-41(28)31-26-27(49-33(45)22(5)6)36(51-31,17-47-26)18-48-32(44)21(3)4/h7-16,19-22,26-27,31H,17-18H2,1-6H3,(H,38,39,40,43)/t26?,27?,31-,36-/m1/s1. The number of imidazole rings is 1. The van der Waals surface area contributed by atoms with Crippen LogP contribution in [0.5, 0.6) is 5.88 Å². The van der Waals surface area contributed by atoms with Crippen LogP contribution in [-0.2, 0) is 33.3 Å². The second-order valence-electron chi connectivity index (χ2n) is 13.3. The van der Waals surface area contributed by atoms with E-state index in [0.29, 0.717) is 11.4 Å². The number of anilines is 3. The van der Waals surface area contributed by atoms with Crippen molar-refractivity contribution in [1.82, 2.24) is 19.5 Å². The Morgan fingerprint density at radius 2 is 1.53 bits per heavy atom. The number of nitrogens with one attached hydrogen (secondary N) is 1. The monoisotopic (exact) mass is 700 g/mol. The van der Waals surface area contributed by atoms with Gasteiger partial charge in [0.2, 0.25) is 11.9 Å². The van der Waals surface area contributed by atoms with E-state index in [1.807, 2.05) is 12.1 Å². The number of amides is 2. The molecular formula is C36H40N6O9. The molecule has 6 rings (SSSR count). The highest BCUT2D eigenvalue weighted by Crippen LogP contribution is 2.48. The molecule has 2 unspecified atom stereocenters. The third-order valence-electron chi connectivity index (χ3n) is 8.44. The number of benzene rings is 2. The molecule has 4 aromatic rings. The van der Waals surface area contributed by atoms with Gasteiger partial charge < -0.3 is 23.7 Å². The maximum Gasteiger partial charge on any atom is 0.425 e. The van der Waals surface area contributed by atoms with Crippen LogP contribution in [0.2, 0.25) is 0 Å². The van der Waals surface area contributed by atoms with Crippen molar-refractivity contribution in [3.8, 4) is 5.88 Å². The van der Waals surface area contributed by atoms with Gasteiger partial charge in [-0.15, -0.1) is 0 Å². The molecule has 4 atom stereocenters. The molecule has 4 heterocycles. The number of para-hydroxylation sites is 2.